The summed E-state index contributed by atoms with van der Waals surface area (Å²) in [6.45, 7) is 0.318. The second-order valence-corrected chi connectivity index (χ2v) is 7.35. The lowest BCUT2D eigenvalue weighted by atomic mass is 10.0. The summed E-state index contributed by atoms with van der Waals surface area (Å²) in [5, 5.41) is 4.04. The van der Waals surface area contributed by atoms with Crippen molar-refractivity contribution in [1.29, 1.82) is 0 Å². The van der Waals surface area contributed by atoms with Crippen molar-refractivity contribution < 1.29 is 19.1 Å². The molecule has 0 radical (unpaired) electrons. The zero-order valence-electron chi connectivity index (χ0n) is 15.6. The molecule has 2 aromatic rings. The predicted molar refractivity (Wildman–Crippen MR) is 114 cm³/mol. The molecule has 1 aliphatic rings. The van der Waals surface area contributed by atoms with Gasteiger partial charge in [-0.25, -0.2) is 0 Å². The Morgan fingerprint density at radius 1 is 0.966 bits per heavy atom. The van der Waals surface area contributed by atoms with Gasteiger partial charge in [0.05, 0.1) is 35.9 Å². The van der Waals surface area contributed by atoms with Crippen LogP contribution in [0.2, 0.25) is 15.1 Å². The van der Waals surface area contributed by atoms with Gasteiger partial charge in [0, 0.05) is 23.4 Å². The fourth-order valence-electron chi connectivity index (χ4n) is 2.91. The van der Waals surface area contributed by atoms with Crippen LogP contribution in [0.1, 0.15) is 5.56 Å². The highest BCUT2D eigenvalue weighted by Crippen LogP contribution is 2.36. The van der Waals surface area contributed by atoms with Crippen LogP contribution in [0.15, 0.2) is 42.1 Å². The first-order chi connectivity index (χ1) is 13.9. The Morgan fingerprint density at radius 3 is 2.34 bits per heavy atom. The van der Waals surface area contributed by atoms with Gasteiger partial charge in [-0.3, -0.25) is 14.5 Å². The molecule has 6 nitrogen and oxygen atoms in total. The van der Waals surface area contributed by atoms with Gasteiger partial charge in [0.1, 0.15) is 11.4 Å². The molecule has 3 rings (SSSR count). The van der Waals surface area contributed by atoms with E-state index in [2.05, 4.69) is 5.32 Å². The number of rotatable bonds is 7. The molecule has 0 fully saturated rings. The summed E-state index contributed by atoms with van der Waals surface area (Å²) in [5.41, 5.74) is 1.16. The van der Waals surface area contributed by atoms with Gasteiger partial charge in [-0.15, -0.1) is 0 Å². The van der Waals surface area contributed by atoms with Crippen LogP contribution < -0.4 is 10.1 Å². The first kappa shape index (κ1) is 21.5. The third-order valence-corrected chi connectivity index (χ3v) is 5.15. The molecule has 0 spiro atoms. The number of anilines is 1. The van der Waals surface area contributed by atoms with Gasteiger partial charge in [0.25, 0.3) is 11.8 Å². The van der Waals surface area contributed by atoms with Gasteiger partial charge >= 0.3 is 0 Å². The molecule has 9 heteroatoms. The first-order valence-corrected chi connectivity index (χ1v) is 9.66. The van der Waals surface area contributed by atoms with Crippen LogP contribution in [0, 0.1) is 0 Å². The Labute approximate surface area is 182 Å². The van der Waals surface area contributed by atoms with Gasteiger partial charge in [0.2, 0.25) is 0 Å². The number of hydrogen-bond donors (Lipinski definition) is 1. The number of imide groups is 1. The summed E-state index contributed by atoms with van der Waals surface area (Å²) in [4.78, 5) is 27.1. The van der Waals surface area contributed by atoms with Crippen molar-refractivity contribution in [2.24, 2.45) is 0 Å². The first-order valence-electron chi connectivity index (χ1n) is 8.52. The number of ether oxygens (including phenoxy) is 2. The average molecular weight is 456 g/mol. The van der Waals surface area contributed by atoms with Gasteiger partial charge in [0.15, 0.2) is 0 Å². The average Bonchev–Trinajstić information content (AvgIpc) is 2.90. The molecular formula is C20H17Cl3N2O4. The van der Waals surface area contributed by atoms with Gasteiger partial charge in [-0.2, -0.15) is 0 Å². The van der Waals surface area contributed by atoms with Gasteiger partial charge in [-0.1, -0.05) is 40.9 Å². The zero-order valence-corrected chi connectivity index (χ0v) is 17.9. The van der Waals surface area contributed by atoms with Crippen LogP contribution in [0.5, 0.6) is 5.75 Å². The number of nitrogens with zero attached hydrogens (tertiary/aromatic N) is 1. The zero-order chi connectivity index (χ0) is 21.1. The van der Waals surface area contributed by atoms with Crippen molar-refractivity contribution in [3.8, 4) is 5.75 Å². The highest BCUT2D eigenvalue weighted by atomic mass is 35.5. The minimum absolute atomic E-state index is 0.0940. The highest BCUT2D eigenvalue weighted by Gasteiger charge is 2.39. The molecule has 0 aromatic heterocycles. The summed E-state index contributed by atoms with van der Waals surface area (Å²) >= 11 is 18.5. The van der Waals surface area contributed by atoms with E-state index in [1.54, 1.807) is 30.3 Å². The number of amides is 2. The Kier molecular flexibility index (Phi) is 6.70. The molecule has 0 unspecified atom stereocenters. The van der Waals surface area contributed by atoms with Crippen LogP contribution in [-0.2, 0) is 14.3 Å². The van der Waals surface area contributed by atoms with E-state index in [9.17, 15) is 9.59 Å². The number of nitrogens with one attached hydrogen (secondary N) is 1. The van der Waals surface area contributed by atoms with Crippen molar-refractivity contribution >= 4 is 57.9 Å². The molecule has 0 saturated carbocycles. The molecule has 2 aromatic carbocycles. The Hall–Kier alpha value is -2.25. The van der Waals surface area contributed by atoms with Crippen molar-refractivity contribution in [2.75, 3.05) is 32.7 Å². The van der Waals surface area contributed by atoms with E-state index in [1.165, 1.54) is 20.3 Å². The van der Waals surface area contributed by atoms with E-state index < -0.39 is 11.8 Å². The summed E-state index contributed by atoms with van der Waals surface area (Å²) in [5.74, 6) is -0.471. The maximum atomic E-state index is 13.0. The quantitative estimate of drug-likeness (QED) is 0.623. The van der Waals surface area contributed by atoms with Gasteiger partial charge in [-0.05, 0) is 30.3 Å². The van der Waals surface area contributed by atoms with Crippen molar-refractivity contribution in [1.82, 2.24) is 4.90 Å². The molecule has 0 aliphatic carbocycles. The monoisotopic (exact) mass is 454 g/mol. The third kappa shape index (κ3) is 4.36. The minimum atomic E-state index is -0.486. The molecule has 0 bridgehead atoms. The molecule has 2 amide bonds. The second kappa shape index (κ2) is 9.05. The smallest absolute Gasteiger partial charge is 0.278 e. The molecule has 152 valence electrons. The fraction of sp³-hybridized carbons (Fsp3) is 0.200. The molecule has 0 saturated heterocycles. The lowest BCUT2D eigenvalue weighted by Gasteiger charge is -2.14. The van der Waals surface area contributed by atoms with E-state index in [0.29, 0.717) is 27.0 Å². The number of halogens is 3. The predicted octanol–water partition coefficient (Wildman–Crippen LogP) is 4.49. The largest absolute Gasteiger partial charge is 0.495 e. The highest BCUT2D eigenvalue weighted by molar-refractivity contribution is 6.41. The Balaban J connectivity index is 2.07. The van der Waals surface area contributed by atoms with E-state index in [4.69, 9.17) is 44.3 Å². The maximum Gasteiger partial charge on any atom is 0.278 e. The van der Waals surface area contributed by atoms with Crippen LogP contribution in [0.3, 0.4) is 0 Å². The van der Waals surface area contributed by atoms with Crippen molar-refractivity contribution in [3.05, 3.63) is 62.7 Å². The maximum absolute atomic E-state index is 13.0. The summed E-state index contributed by atoms with van der Waals surface area (Å²) in [6.07, 6.45) is 0. The van der Waals surface area contributed by atoms with E-state index in [0.717, 1.165) is 4.90 Å². The SMILES string of the molecule is COCCN1C(=O)C(Nc2ccc(OC)c(Cl)c2)=C(c2ccc(Cl)cc2Cl)C1=O. The normalized spacial score (nSPS) is 14.0. The third-order valence-electron chi connectivity index (χ3n) is 4.31. The number of carbonyl (C=O) groups is 2. The number of carbonyl (C=O) groups excluding carboxylic acids is 2. The molecule has 1 heterocycles. The summed E-state index contributed by atoms with van der Waals surface area (Å²) < 4.78 is 10.2. The molecule has 1 N–H and O–H groups in total. The molecule has 29 heavy (non-hydrogen) atoms. The number of methoxy groups -OCH3 is 2. The van der Waals surface area contributed by atoms with Crippen molar-refractivity contribution in [2.45, 2.75) is 0 Å². The van der Waals surface area contributed by atoms with Crippen LogP contribution in [0.4, 0.5) is 5.69 Å². The van der Waals surface area contributed by atoms with Crippen molar-refractivity contribution in [3.63, 3.8) is 0 Å². The van der Waals surface area contributed by atoms with E-state index >= 15 is 0 Å². The van der Waals surface area contributed by atoms with Crippen LogP contribution >= 0.6 is 34.8 Å². The summed E-state index contributed by atoms with van der Waals surface area (Å²) in [7, 11) is 3.00. The minimum Gasteiger partial charge on any atom is -0.495 e. The van der Waals surface area contributed by atoms with Crippen LogP contribution in [0.25, 0.3) is 5.57 Å². The lowest BCUT2D eigenvalue weighted by Crippen LogP contribution is -2.35. The molecular weight excluding hydrogens is 439 g/mol. The summed E-state index contributed by atoms with van der Waals surface area (Å²) in [6, 6.07) is 9.67. The second-order valence-electron chi connectivity index (χ2n) is 6.10. The molecule has 1 aliphatic heterocycles. The van der Waals surface area contributed by atoms with Crippen LogP contribution in [-0.4, -0.2) is 44.1 Å². The van der Waals surface area contributed by atoms with E-state index in [1.807, 2.05) is 0 Å². The fourth-order valence-corrected chi connectivity index (χ4v) is 3.67. The Morgan fingerprint density at radius 2 is 1.72 bits per heavy atom. The lowest BCUT2D eigenvalue weighted by molar-refractivity contribution is -0.137. The number of benzene rings is 2. The van der Waals surface area contributed by atoms with E-state index in [-0.39, 0.29) is 29.4 Å². The topological polar surface area (TPSA) is 67.9 Å². The standard InChI is InChI=1S/C20H17Cl3N2O4/c1-28-8-7-25-19(26)17(13-5-3-11(21)9-14(13)22)18(20(25)27)24-12-4-6-16(29-2)15(23)10-12/h3-6,9-10,24H,7-8H2,1-2H3. The Bertz CT molecular complexity index is 1010. The molecule has 0 atom stereocenters. The number of hydrogen-bond acceptors (Lipinski definition) is 5. The van der Waals surface area contributed by atoms with Gasteiger partial charge < -0.3 is 14.8 Å².